The van der Waals surface area contributed by atoms with Crippen LogP contribution in [0.2, 0.25) is 0 Å². The maximum atomic E-state index is 7.18. The Kier molecular flexibility index (Phi) is 8.42. The van der Waals surface area contributed by atoms with Gasteiger partial charge in [0.1, 0.15) is 5.84 Å². The minimum atomic E-state index is 0. The van der Waals surface area contributed by atoms with Crippen LogP contribution in [0.15, 0.2) is 24.3 Å². The summed E-state index contributed by atoms with van der Waals surface area (Å²) in [5, 5.41) is 7.18. The molecule has 5 N–H and O–H groups in total. The van der Waals surface area contributed by atoms with Crippen molar-refractivity contribution in [2.75, 3.05) is 19.0 Å². The van der Waals surface area contributed by atoms with Gasteiger partial charge in [-0.1, -0.05) is 0 Å². The predicted molar refractivity (Wildman–Crippen MR) is 55.4 cm³/mol. The van der Waals surface area contributed by atoms with Crippen molar-refractivity contribution in [2.24, 2.45) is 5.73 Å². The third-order valence-corrected chi connectivity index (χ3v) is 1.69. The SMILES string of the molecule is CN(C)c1ccc(C(=N)N)cc1.O.[Ac]. The largest absolute Gasteiger partial charge is 0.412 e. The van der Waals surface area contributed by atoms with Crippen LogP contribution >= 0.6 is 0 Å². The van der Waals surface area contributed by atoms with E-state index in [4.69, 9.17) is 11.1 Å². The molecule has 4 nitrogen and oxygen atoms in total. The number of nitrogens with zero attached hydrogens (tertiary/aromatic N) is 1. The molecular formula is C9H15AcN3O. The van der Waals surface area contributed by atoms with Crippen LogP contribution in [0.3, 0.4) is 0 Å². The molecule has 0 aliphatic heterocycles. The fourth-order valence-corrected chi connectivity index (χ4v) is 0.939. The molecular weight excluding hydrogens is 393 g/mol. The van der Waals surface area contributed by atoms with Crippen LogP contribution in [0.4, 0.5) is 5.69 Å². The molecule has 0 fully saturated rings. The normalized spacial score (nSPS) is 8.14. The third kappa shape index (κ3) is 4.41. The first kappa shape index (κ1) is 16.3. The van der Waals surface area contributed by atoms with E-state index in [1.54, 1.807) is 0 Å². The second-order valence-electron chi connectivity index (χ2n) is 2.85. The summed E-state index contributed by atoms with van der Waals surface area (Å²) in [6, 6.07) is 7.57. The molecule has 0 atom stereocenters. The van der Waals surface area contributed by atoms with Gasteiger partial charge >= 0.3 is 0 Å². The number of nitrogens with two attached hydrogens (primary N) is 1. The van der Waals surface area contributed by atoms with Gasteiger partial charge in [0.05, 0.1) is 0 Å². The molecule has 0 saturated carbocycles. The van der Waals surface area contributed by atoms with E-state index in [-0.39, 0.29) is 55.4 Å². The van der Waals surface area contributed by atoms with Gasteiger partial charge in [0.25, 0.3) is 0 Å². The zero-order valence-electron chi connectivity index (χ0n) is 8.41. The summed E-state index contributed by atoms with van der Waals surface area (Å²) >= 11 is 0. The predicted octanol–water partition coefficient (Wildman–Crippen LogP) is 0.212. The zero-order chi connectivity index (χ0) is 9.14. The molecule has 0 aromatic heterocycles. The summed E-state index contributed by atoms with van der Waals surface area (Å²) < 4.78 is 0. The molecule has 5 heteroatoms. The van der Waals surface area contributed by atoms with E-state index in [9.17, 15) is 0 Å². The van der Waals surface area contributed by atoms with Crippen LogP contribution < -0.4 is 10.6 Å². The van der Waals surface area contributed by atoms with E-state index in [0.29, 0.717) is 0 Å². The first-order valence-corrected chi connectivity index (χ1v) is 3.73. The number of rotatable bonds is 2. The number of hydrogen-bond acceptors (Lipinski definition) is 2. The summed E-state index contributed by atoms with van der Waals surface area (Å²) in [4.78, 5) is 2.00. The van der Waals surface area contributed by atoms with Gasteiger partial charge in [-0.25, -0.2) is 0 Å². The molecule has 0 saturated heterocycles. The fourth-order valence-electron chi connectivity index (χ4n) is 0.939. The quantitative estimate of drug-likeness (QED) is 0.542. The molecule has 1 radical (unpaired) electrons. The van der Waals surface area contributed by atoms with Crippen LogP contribution in [-0.4, -0.2) is 25.4 Å². The Labute approximate surface area is 120 Å². The smallest absolute Gasteiger partial charge is 0.122 e. The van der Waals surface area contributed by atoms with Gasteiger partial charge in [-0.3, -0.25) is 5.41 Å². The van der Waals surface area contributed by atoms with E-state index in [1.165, 1.54) is 0 Å². The summed E-state index contributed by atoms with van der Waals surface area (Å²) in [6.07, 6.45) is 0. The monoisotopic (exact) mass is 408 g/mol. The van der Waals surface area contributed by atoms with Gasteiger partial charge in [-0.05, 0) is 24.3 Å². The van der Waals surface area contributed by atoms with Crippen LogP contribution in [0.25, 0.3) is 0 Å². The molecule has 1 aromatic carbocycles. The Balaban J connectivity index is 0. The van der Waals surface area contributed by atoms with Crippen molar-refractivity contribution in [3.8, 4) is 0 Å². The Morgan fingerprint density at radius 2 is 1.64 bits per heavy atom. The number of benzene rings is 1. The van der Waals surface area contributed by atoms with Crippen LogP contribution in [0.1, 0.15) is 5.56 Å². The average molecular weight is 408 g/mol. The van der Waals surface area contributed by atoms with Crippen molar-refractivity contribution >= 4 is 11.5 Å². The van der Waals surface area contributed by atoms with Crippen molar-refractivity contribution in [3.63, 3.8) is 0 Å². The van der Waals surface area contributed by atoms with Gasteiger partial charge in [0.2, 0.25) is 0 Å². The van der Waals surface area contributed by atoms with Crippen molar-refractivity contribution < 1.29 is 49.5 Å². The minimum Gasteiger partial charge on any atom is -0.412 e. The molecule has 0 unspecified atom stereocenters. The van der Waals surface area contributed by atoms with E-state index in [0.717, 1.165) is 11.3 Å². The molecule has 0 aliphatic rings. The standard InChI is InChI=1S/C9H13N3.Ac.H2O/c1-12(2)8-5-3-7(4-6-8)9(10)11;;/h3-6H,1-2H3,(H3,10,11);;1H2. The number of amidine groups is 1. The third-order valence-electron chi connectivity index (χ3n) is 1.69. The molecule has 0 heterocycles. The fraction of sp³-hybridized carbons (Fsp3) is 0.222. The number of hydrogen-bond donors (Lipinski definition) is 2. The first-order chi connectivity index (χ1) is 5.61. The van der Waals surface area contributed by atoms with Crippen molar-refractivity contribution in [2.45, 2.75) is 0 Å². The van der Waals surface area contributed by atoms with Gasteiger partial charge in [0.15, 0.2) is 0 Å². The minimum absolute atomic E-state index is 0. The topological polar surface area (TPSA) is 84.6 Å². The van der Waals surface area contributed by atoms with Crippen molar-refractivity contribution in [1.29, 1.82) is 5.41 Å². The van der Waals surface area contributed by atoms with E-state index in [2.05, 4.69) is 0 Å². The van der Waals surface area contributed by atoms with Crippen molar-refractivity contribution in [1.82, 2.24) is 0 Å². The molecule has 0 bridgehead atoms. The van der Waals surface area contributed by atoms with E-state index >= 15 is 0 Å². The summed E-state index contributed by atoms with van der Waals surface area (Å²) in [5.74, 6) is 0.111. The van der Waals surface area contributed by atoms with Crippen LogP contribution in [-0.2, 0) is 0 Å². The van der Waals surface area contributed by atoms with E-state index < -0.39 is 0 Å². The van der Waals surface area contributed by atoms with Crippen LogP contribution in [0.5, 0.6) is 0 Å². The van der Waals surface area contributed by atoms with Gasteiger partial charge < -0.3 is 16.1 Å². The number of anilines is 1. The molecule has 14 heavy (non-hydrogen) atoms. The summed E-state index contributed by atoms with van der Waals surface area (Å²) in [6.45, 7) is 0. The van der Waals surface area contributed by atoms with E-state index in [1.807, 2.05) is 43.3 Å². The second kappa shape index (κ2) is 7.22. The molecule has 1 aromatic rings. The Morgan fingerprint density at radius 1 is 1.21 bits per heavy atom. The Bertz CT molecular complexity index is 285. The van der Waals surface area contributed by atoms with Crippen LogP contribution in [0, 0.1) is 49.5 Å². The zero-order valence-corrected chi connectivity index (χ0v) is 13.2. The van der Waals surface area contributed by atoms with Crippen molar-refractivity contribution in [3.05, 3.63) is 29.8 Å². The second-order valence-corrected chi connectivity index (χ2v) is 2.85. The first-order valence-electron chi connectivity index (χ1n) is 3.73. The number of nitrogen functional groups attached to an aromatic ring is 1. The Morgan fingerprint density at radius 3 is 1.93 bits per heavy atom. The van der Waals surface area contributed by atoms with Gasteiger partial charge in [0, 0.05) is 69.4 Å². The average Bonchev–Trinajstić information content (AvgIpc) is 2.04. The maximum absolute atomic E-state index is 7.18. The Hall–Kier alpha value is -0.108. The summed E-state index contributed by atoms with van der Waals surface area (Å²) in [5.41, 5.74) is 7.19. The molecule has 0 aliphatic carbocycles. The van der Waals surface area contributed by atoms with Gasteiger partial charge in [-0.15, -0.1) is 0 Å². The molecule has 75 valence electrons. The summed E-state index contributed by atoms with van der Waals surface area (Å²) in [7, 11) is 3.95. The molecule has 0 spiro atoms. The maximum Gasteiger partial charge on any atom is 0.122 e. The number of nitrogens with one attached hydrogen (secondary N) is 1. The molecule has 0 amide bonds. The molecule has 1 rings (SSSR count). The van der Waals surface area contributed by atoms with Gasteiger partial charge in [-0.2, -0.15) is 0 Å².